The fourth-order valence-electron chi connectivity index (χ4n) is 2.24. The smallest absolute Gasteiger partial charge is 0.194 e. The van der Waals surface area contributed by atoms with Crippen LogP contribution in [-0.4, -0.2) is 16.4 Å². The van der Waals surface area contributed by atoms with Crippen LogP contribution in [0.15, 0.2) is 39.7 Å². The number of hydrogen-bond acceptors (Lipinski definition) is 4. The average Bonchev–Trinajstić information content (AvgIpc) is 2.96. The SMILES string of the molecule is CNCc1c(Sc2ccc(C)cc2C)nc2sccn12. The van der Waals surface area contributed by atoms with Crippen molar-refractivity contribution in [1.29, 1.82) is 0 Å². The van der Waals surface area contributed by atoms with Crippen molar-refractivity contribution in [3.05, 3.63) is 46.6 Å². The molecule has 0 atom stereocenters. The molecule has 1 aromatic carbocycles. The molecule has 0 aliphatic rings. The molecule has 3 aromatic rings. The lowest BCUT2D eigenvalue weighted by Crippen LogP contribution is -2.08. The molecule has 0 bridgehead atoms. The van der Waals surface area contributed by atoms with Crippen LogP contribution in [0.3, 0.4) is 0 Å². The lowest BCUT2D eigenvalue weighted by molar-refractivity contribution is 0.765. The van der Waals surface area contributed by atoms with Crippen molar-refractivity contribution >= 4 is 28.1 Å². The van der Waals surface area contributed by atoms with E-state index < -0.39 is 0 Å². The molecule has 3 rings (SSSR count). The van der Waals surface area contributed by atoms with Gasteiger partial charge in [0.05, 0.1) is 5.69 Å². The molecular formula is C15H17N3S2. The van der Waals surface area contributed by atoms with Crippen molar-refractivity contribution < 1.29 is 0 Å². The Bertz CT molecular complexity index is 743. The van der Waals surface area contributed by atoms with Crippen LogP contribution < -0.4 is 5.32 Å². The number of rotatable bonds is 4. The highest BCUT2D eigenvalue weighted by molar-refractivity contribution is 7.99. The summed E-state index contributed by atoms with van der Waals surface area (Å²) in [5.41, 5.74) is 3.84. The summed E-state index contributed by atoms with van der Waals surface area (Å²) in [4.78, 5) is 7.09. The van der Waals surface area contributed by atoms with E-state index in [2.05, 4.69) is 53.3 Å². The molecular weight excluding hydrogens is 286 g/mol. The largest absolute Gasteiger partial charge is 0.314 e. The van der Waals surface area contributed by atoms with E-state index in [9.17, 15) is 0 Å². The van der Waals surface area contributed by atoms with Crippen molar-refractivity contribution in [1.82, 2.24) is 14.7 Å². The molecule has 104 valence electrons. The standard InChI is InChI=1S/C15H17N3S2/c1-10-4-5-13(11(2)8-10)20-14-12(9-16-3)18-6-7-19-15(18)17-14/h4-8,16H,9H2,1-3H3. The third-order valence-electron chi connectivity index (χ3n) is 3.21. The van der Waals surface area contributed by atoms with E-state index in [4.69, 9.17) is 4.98 Å². The number of nitrogens with zero attached hydrogens (tertiary/aromatic N) is 2. The summed E-state index contributed by atoms with van der Waals surface area (Å²) in [6.45, 7) is 5.11. The number of benzene rings is 1. The minimum atomic E-state index is 0.825. The first kappa shape index (κ1) is 13.7. The maximum atomic E-state index is 4.75. The summed E-state index contributed by atoms with van der Waals surface area (Å²) in [6.07, 6.45) is 2.09. The Labute approximate surface area is 127 Å². The van der Waals surface area contributed by atoms with E-state index in [1.54, 1.807) is 23.1 Å². The quantitative estimate of drug-likeness (QED) is 0.793. The van der Waals surface area contributed by atoms with Gasteiger partial charge in [0, 0.05) is 23.0 Å². The monoisotopic (exact) mass is 303 g/mol. The zero-order valence-electron chi connectivity index (χ0n) is 11.8. The number of aryl methyl sites for hydroxylation is 2. The van der Waals surface area contributed by atoms with Gasteiger partial charge < -0.3 is 5.32 Å². The fraction of sp³-hybridized carbons (Fsp3) is 0.267. The van der Waals surface area contributed by atoms with Crippen LogP contribution in [0.1, 0.15) is 16.8 Å². The summed E-state index contributed by atoms with van der Waals surface area (Å²) in [5, 5.41) is 6.40. The number of fused-ring (bicyclic) bond motifs is 1. The molecule has 0 spiro atoms. The normalized spacial score (nSPS) is 11.3. The Morgan fingerprint density at radius 2 is 2.20 bits per heavy atom. The minimum absolute atomic E-state index is 0.825. The maximum absolute atomic E-state index is 4.75. The third-order valence-corrected chi connectivity index (χ3v) is 5.16. The molecule has 0 radical (unpaired) electrons. The molecule has 2 aromatic heterocycles. The van der Waals surface area contributed by atoms with Crippen LogP contribution in [0.25, 0.3) is 4.96 Å². The summed E-state index contributed by atoms with van der Waals surface area (Å²) >= 11 is 3.43. The van der Waals surface area contributed by atoms with Gasteiger partial charge in [0.1, 0.15) is 5.03 Å². The van der Waals surface area contributed by atoms with Crippen LogP contribution in [0.5, 0.6) is 0 Å². The summed E-state index contributed by atoms with van der Waals surface area (Å²) in [6, 6.07) is 6.57. The van der Waals surface area contributed by atoms with Crippen LogP contribution >= 0.6 is 23.1 Å². The van der Waals surface area contributed by atoms with Gasteiger partial charge in [-0.1, -0.05) is 29.5 Å². The highest BCUT2D eigenvalue weighted by atomic mass is 32.2. The molecule has 0 unspecified atom stereocenters. The number of aromatic nitrogens is 2. The fourth-order valence-corrected chi connectivity index (χ4v) is 4.02. The molecule has 0 saturated carbocycles. The van der Waals surface area contributed by atoms with E-state index in [0.717, 1.165) is 16.5 Å². The van der Waals surface area contributed by atoms with Gasteiger partial charge in [0.15, 0.2) is 4.96 Å². The summed E-state index contributed by atoms with van der Waals surface area (Å²) in [7, 11) is 1.97. The zero-order chi connectivity index (χ0) is 14.1. The first-order valence-corrected chi connectivity index (χ1v) is 8.23. The molecule has 0 aliphatic carbocycles. The molecule has 0 aliphatic heterocycles. The predicted octanol–water partition coefficient (Wildman–Crippen LogP) is 3.88. The van der Waals surface area contributed by atoms with Gasteiger partial charge in [-0.15, -0.1) is 11.3 Å². The molecule has 1 N–H and O–H groups in total. The molecule has 2 heterocycles. The van der Waals surface area contributed by atoms with Gasteiger partial charge in [0.25, 0.3) is 0 Å². The molecule has 0 fully saturated rings. The number of nitrogens with one attached hydrogen (secondary N) is 1. The molecule has 0 amide bonds. The zero-order valence-corrected chi connectivity index (χ0v) is 13.4. The second-order valence-electron chi connectivity index (χ2n) is 4.82. The Hall–Kier alpha value is -1.30. The second kappa shape index (κ2) is 5.60. The Kier molecular flexibility index (Phi) is 3.83. The van der Waals surface area contributed by atoms with Crippen molar-refractivity contribution in [3.63, 3.8) is 0 Å². The Balaban J connectivity index is 2.01. The molecule has 20 heavy (non-hydrogen) atoms. The number of imidazole rings is 1. The van der Waals surface area contributed by atoms with Crippen LogP contribution in [0.2, 0.25) is 0 Å². The lowest BCUT2D eigenvalue weighted by Gasteiger charge is -2.07. The van der Waals surface area contributed by atoms with Crippen molar-refractivity contribution in [2.75, 3.05) is 7.05 Å². The number of thiazole rings is 1. The highest BCUT2D eigenvalue weighted by Crippen LogP contribution is 2.33. The van der Waals surface area contributed by atoms with E-state index in [-0.39, 0.29) is 0 Å². The van der Waals surface area contributed by atoms with Crippen molar-refractivity contribution in [2.45, 2.75) is 30.3 Å². The van der Waals surface area contributed by atoms with Gasteiger partial charge >= 0.3 is 0 Å². The van der Waals surface area contributed by atoms with Gasteiger partial charge in [-0.2, -0.15) is 0 Å². The van der Waals surface area contributed by atoms with Crippen molar-refractivity contribution in [3.8, 4) is 0 Å². The summed E-state index contributed by atoms with van der Waals surface area (Å²) < 4.78 is 2.17. The molecule has 5 heteroatoms. The van der Waals surface area contributed by atoms with Crippen LogP contribution in [-0.2, 0) is 6.54 Å². The predicted molar refractivity (Wildman–Crippen MR) is 85.9 cm³/mol. The van der Waals surface area contributed by atoms with E-state index >= 15 is 0 Å². The summed E-state index contributed by atoms with van der Waals surface area (Å²) in [5.74, 6) is 0. The maximum Gasteiger partial charge on any atom is 0.194 e. The first-order chi connectivity index (χ1) is 9.69. The van der Waals surface area contributed by atoms with Crippen molar-refractivity contribution in [2.24, 2.45) is 0 Å². The van der Waals surface area contributed by atoms with Gasteiger partial charge in [0.2, 0.25) is 0 Å². The topological polar surface area (TPSA) is 29.3 Å². The second-order valence-corrected chi connectivity index (χ2v) is 6.72. The van der Waals surface area contributed by atoms with Crippen LogP contribution in [0.4, 0.5) is 0 Å². The molecule has 3 nitrogen and oxygen atoms in total. The van der Waals surface area contributed by atoms with Gasteiger partial charge in [-0.25, -0.2) is 4.98 Å². The number of hydrogen-bond donors (Lipinski definition) is 1. The Morgan fingerprint density at radius 3 is 2.95 bits per heavy atom. The van der Waals surface area contributed by atoms with Crippen LogP contribution in [0, 0.1) is 13.8 Å². The Morgan fingerprint density at radius 1 is 1.35 bits per heavy atom. The lowest BCUT2D eigenvalue weighted by atomic mass is 10.2. The minimum Gasteiger partial charge on any atom is -0.314 e. The van der Waals surface area contributed by atoms with E-state index in [0.29, 0.717) is 0 Å². The van der Waals surface area contributed by atoms with Gasteiger partial charge in [-0.3, -0.25) is 4.40 Å². The van der Waals surface area contributed by atoms with Gasteiger partial charge in [-0.05, 0) is 32.5 Å². The first-order valence-electron chi connectivity index (χ1n) is 6.53. The third kappa shape index (κ3) is 2.49. The average molecular weight is 303 g/mol. The highest BCUT2D eigenvalue weighted by Gasteiger charge is 2.14. The molecule has 0 saturated heterocycles. The van der Waals surface area contributed by atoms with E-state index in [1.165, 1.54) is 21.7 Å². The van der Waals surface area contributed by atoms with E-state index in [1.807, 2.05) is 7.05 Å².